The fraction of sp³-hybridized carbons (Fsp3) is 0.300. The molecule has 214 valence electrons. The molecule has 3 aromatic rings. The zero-order valence-electron chi connectivity index (χ0n) is 21.5. The first-order valence-corrected chi connectivity index (χ1v) is 14.5. The highest BCUT2D eigenvalue weighted by atomic mass is 127. The number of carboxylic acid groups (broad SMARTS) is 1. The van der Waals surface area contributed by atoms with Gasteiger partial charge in [0.05, 0.1) is 23.2 Å². The van der Waals surface area contributed by atoms with Crippen molar-refractivity contribution in [1.82, 2.24) is 15.6 Å². The number of alkyl halides is 4. The lowest BCUT2D eigenvalue weighted by Crippen LogP contribution is -2.56. The molecule has 2 aromatic carbocycles. The summed E-state index contributed by atoms with van der Waals surface area (Å²) in [5, 5.41) is 15.4. The minimum Gasteiger partial charge on any atom is -0.481 e. The van der Waals surface area contributed by atoms with Crippen LogP contribution in [-0.2, 0) is 27.4 Å². The monoisotopic (exact) mass is 679 g/mol. The average Bonchev–Trinajstić information content (AvgIpc) is 3.54. The number of rotatable bonds is 8. The Balaban J connectivity index is 1.63. The Kier molecular flexibility index (Phi) is 8.09. The van der Waals surface area contributed by atoms with Crippen LogP contribution in [0.1, 0.15) is 34.4 Å². The molecule has 0 saturated heterocycles. The molecule has 0 aliphatic heterocycles. The molecule has 11 heteroatoms. The predicted octanol–water partition coefficient (Wildman–Crippen LogP) is 6.24. The number of aliphatic carboxylic acids is 1. The number of nitrogens with one attached hydrogen (secondary N) is 2. The molecule has 41 heavy (non-hydrogen) atoms. The van der Waals surface area contributed by atoms with Crippen molar-refractivity contribution in [3.05, 3.63) is 113 Å². The highest BCUT2D eigenvalue weighted by Gasteiger charge is 2.50. The maximum Gasteiger partial charge on any atom is 0.416 e. The lowest BCUT2D eigenvalue weighted by Gasteiger charge is -2.37. The number of fused-ring (bicyclic) bond motifs is 2. The van der Waals surface area contributed by atoms with E-state index in [4.69, 9.17) is 0 Å². The number of urea groups is 1. The number of pyridine rings is 1. The van der Waals surface area contributed by atoms with Crippen LogP contribution in [0.2, 0.25) is 0 Å². The van der Waals surface area contributed by atoms with E-state index < -0.39 is 47.1 Å². The fourth-order valence-corrected chi connectivity index (χ4v) is 6.37. The molecule has 5 atom stereocenters. The molecule has 2 bridgehead atoms. The second kappa shape index (κ2) is 11.4. The number of halogens is 5. The van der Waals surface area contributed by atoms with Crippen LogP contribution in [0.5, 0.6) is 0 Å². The van der Waals surface area contributed by atoms with E-state index in [2.05, 4.69) is 38.2 Å². The Hall–Kier alpha value is -3.48. The highest BCUT2D eigenvalue weighted by molar-refractivity contribution is 14.1. The summed E-state index contributed by atoms with van der Waals surface area (Å²) >= 11 is 2.15. The van der Waals surface area contributed by atoms with Gasteiger partial charge >= 0.3 is 18.2 Å². The Morgan fingerprint density at radius 1 is 0.976 bits per heavy atom. The number of nitrogens with zero attached hydrogens (tertiary/aromatic N) is 1. The van der Waals surface area contributed by atoms with Crippen LogP contribution in [-0.4, -0.2) is 28.1 Å². The molecule has 1 saturated carbocycles. The number of carbonyl (C=O) groups is 2. The molecule has 2 aliphatic carbocycles. The molecule has 1 heterocycles. The molecule has 2 aliphatic rings. The molecule has 0 unspecified atom stereocenters. The molecule has 5 rings (SSSR count). The third-order valence-electron chi connectivity index (χ3n) is 7.82. The van der Waals surface area contributed by atoms with Gasteiger partial charge in [-0.2, -0.15) is 13.2 Å². The number of carboxylic acids is 1. The second-order valence-electron chi connectivity index (χ2n) is 10.4. The quantitative estimate of drug-likeness (QED) is 0.114. The van der Waals surface area contributed by atoms with Crippen molar-refractivity contribution in [2.24, 2.45) is 17.8 Å². The first kappa shape index (κ1) is 29.0. The third-order valence-corrected chi connectivity index (χ3v) is 8.70. The summed E-state index contributed by atoms with van der Waals surface area (Å²) < 4.78 is 57.0. The predicted molar refractivity (Wildman–Crippen MR) is 152 cm³/mol. The fourth-order valence-electron chi connectivity index (χ4n) is 5.92. The van der Waals surface area contributed by atoms with Gasteiger partial charge in [-0.3, -0.25) is 9.78 Å². The number of amides is 2. The van der Waals surface area contributed by atoms with E-state index in [1.165, 1.54) is 0 Å². The number of aromatic nitrogens is 1. The van der Waals surface area contributed by atoms with Crippen LogP contribution in [0.25, 0.3) is 0 Å². The number of hydrogen-bond donors (Lipinski definition) is 3. The van der Waals surface area contributed by atoms with E-state index in [9.17, 15) is 32.3 Å². The van der Waals surface area contributed by atoms with Crippen molar-refractivity contribution in [3.63, 3.8) is 0 Å². The van der Waals surface area contributed by atoms with Crippen LogP contribution >= 0.6 is 22.6 Å². The van der Waals surface area contributed by atoms with Crippen molar-refractivity contribution >= 4 is 34.6 Å². The summed E-state index contributed by atoms with van der Waals surface area (Å²) in [5.41, 5.74) is -1.41. The molecule has 0 radical (unpaired) electrons. The maximum atomic E-state index is 14.8. The minimum atomic E-state index is -4.85. The third kappa shape index (κ3) is 5.95. The van der Waals surface area contributed by atoms with E-state index in [-0.39, 0.29) is 29.5 Å². The summed E-state index contributed by atoms with van der Waals surface area (Å²) in [5.74, 6) is -3.42. The number of hydrogen-bond acceptors (Lipinski definition) is 3. The van der Waals surface area contributed by atoms with Gasteiger partial charge in [0.2, 0.25) is 0 Å². The van der Waals surface area contributed by atoms with E-state index in [1.54, 1.807) is 48.7 Å². The molecular formula is C30H26F4IN3O3. The highest BCUT2D eigenvalue weighted by Crippen LogP contribution is 2.44. The molecule has 0 spiro atoms. The van der Waals surface area contributed by atoms with Crippen LogP contribution < -0.4 is 10.6 Å². The molecule has 6 nitrogen and oxygen atoms in total. The minimum absolute atomic E-state index is 0.0580. The number of benzene rings is 2. The zero-order chi connectivity index (χ0) is 29.4. The van der Waals surface area contributed by atoms with Crippen molar-refractivity contribution in [1.29, 1.82) is 0 Å². The Labute approximate surface area is 247 Å². The Bertz CT molecular complexity index is 1470. The summed E-state index contributed by atoms with van der Waals surface area (Å²) in [6.45, 7) is 0. The Morgan fingerprint density at radius 3 is 2.32 bits per heavy atom. The molecule has 2 amide bonds. The second-order valence-corrected chi connectivity index (χ2v) is 11.2. The van der Waals surface area contributed by atoms with Crippen molar-refractivity contribution in [3.8, 4) is 0 Å². The van der Waals surface area contributed by atoms with E-state index in [0.29, 0.717) is 22.5 Å². The maximum absolute atomic E-state index is 14.8. The van der Waals surface area contributed by atoms with Crippen molar-refractivity contribution < 1.29 is 32.3 Å². The summed E-state index contributed by atoms with van der Waals surface area (Å²) in [6, 6.07) is 12.8. The zero-order valence-corrected chi connectivity index (χ0v) is 23.7. The summed E-state index contributed by atoms with van der Waals surface area (Å²) in [6.07, 6.45) is 0.946. The van der Waals surface area contributed by atoms with Crippen molar-refractivity contribution in [2.75, 3.05) is 0 Å². The molecule has 3 N–H and O–H groups in total. The van der Waals surface area contributed by atoms with Gasteiger partial charge in [-0.25, -0.2) is 9.18 Å². The van der Waals surface area contributed by atoms with Crippen molar-refractivity contribution in [2.45, 2.75) is 35.0 Å². The lowest BCUT2D eigenvalue weighted by atomic mass is 9.79. The van der Waals surface area contributed by atoms with E-state index >= 15 is 0 Å². The van der Waals surface area contributed by atoms with Gasteiger partial charge in [-0.05, 0) is 59.2 Å². The Morgan fingerprint density at radius 2 is 1.68 bits per heavy atom. The van der Waals surface area contributed by atoms with Crippen LogP contribution in [0.15, 0.2) is 79.0 Å². The topological polar surface area (TPSA) is 91.3 Å². The van der Waals surface area contributed by atoms with Gasteiger partial charge in [0.25, 0.3) is 0 Å². The largest absolute Gasteiger partial charge is 0.481 e. The van der Waals surface area contributed by atoms with Gasteiger partial charge in [0.15, 0.2) is 0 Å². The number of carbonyl (C=O) groups excluding carboxylic acids is 1. The first-order chi connectivity index (χ1) is 19.5. The lowest BCUT2D eigenvalue weighted by molar-refractivity contribution is -0.143. The van der Waals surface area contributed by atoms with Gasteiger partial charge in [-0.15, -0.1) is 0 Å². The normalized spacial score (nSPS) is 22.8. The van der Waals surface area contributed by atoms with Crippen LogP contribution in [0, 0.1) is 23.6 Å². The standard InChI is InChI=1S/C30H26F4IN3O3/c31-23-12-21(11-22(13-23)30(32,33)34)29(14-17-4-2-1-3-5-17,24-9-6-18(15-35)16-36-24)38-28(41)37-26-20-8-7-19(10-20)25(26)27(39)40/h1-9,11-13,16,19-20,25-26H,10,14-15H2,(H,39,40)(H2,37,38,41)/t19-,20+,25-,26+,29+/m1/s1. The number of allylic oxidation sites excluding steroid dienone is 1. The first-order valence-electron chi connectivity index (χ1n) is 12.9. The molecule has 1 aromatic heterocycles. The van der Waals surface area contributed by atoms with E-state index in [0.717, 1.165) is 17.7 Å². The van der Waals surface area contributed by atoms with Gasteiger partial charge in [0.1, 0.15) is 11.4 Å². The van der Waals surface area contributed by atoms with E-state index in [1.807, 2.05) is 12.2 Å². The van der Waals surface area contributed by atoms with Gasteiger partial charge in [0, 0.05) is 17.0 Å². The van der Waals surface area contributed by atoms with Gasteiger partial charge in [-0.1, -0.05) is 71.1 Å². The van der Waals surface area contributed by atoms with Gasteiger partial charge < -0.3 is 15.7 Å². The smallest absolute Gasteiger partial charge is 0.416 e. The van der Waals surface area contributed by atoms with Crippen LogP contribution in [0.3, 0.4) is 0 Å². The molecular weight excluding hydrogens is 653 g/mol. The molecule has 1 fully saturated rings. The average molecular weight is 679 g/mol. The summed E-state index contributed by atoms with van der Waals surface area (Å²) in [7, 11) is 0. The SMILES string of the molecule is O=C(N[C@@H]1[C@H](C(=O)O)[C@@H]2C=C[C@H]1C2)N[C@@](Cc1ccccc1)(c1cc(F)cc(C(F)(F)F)c1)c1ccc(CI)cn1. The summed E-state index contributed by atoms with van der Waals surface area (Å²) in [4.78, 5) is 30.2. The van der Waals surface area contributed by atoms with Crippen LogP contribution in [0.4, 0.5) is 22.4 Å².